The van der Waals surface area contributed by atoms with Gasteiger partial charge in [-0.05, 0) is 44.0 Å². The van der Waals surface area contributed by atoms with Gasteiger partial charge in [-0.15, -0.1) is 0 Å². The van der Waals surface area contributed by atoms with Gasteiger partial charge in [0, 0.05) is 12.0 Å². The van der Waals surface area contributed by atoms with Crippen molar-refractivity contribution in [2.24, 2.45) is 0 Å². The molecule has 6 heteroatoms. The summed E-state index contributed by atoms with van der Waals surface area (Å²) in [4.78, 5) is 20.5. The lowest BCUT2D eigenvalue weighted by molar-refractivity contribution is -0.149. The average molecular weight is 443 g/mol. The minimum absolute atomic E-state index is 0.171. The highest BCUT2D eigenvalue weighted by Crippen LogP contribution is 2.21. The number of rotatable bonds is 16. The number of esters is 1. The molecule has 0 spiro atoms. The van der Waals surface area contributed by atoms with Crippen LogP contribution in [-0.4, -0.2) is 35.3 Å². The van der Waals surface area contributed by atoms with Crippen LogP contribution in [0.4, 0.5) is 0 Å². The Kier molecular flexibility index (Phi) is 12.2. The predicted octanol–water partition coefficient (Wildman–Crippen LogP) is 6.38. The summed E-state index contributed by atoms with van der Waals surface area (Å²) >= 11 is 0. The van der Waals surface area contributed by atoms with E-state index in [-0.39, 0.29) is 12.1 Å². The van der Waals surface area contributed by atoms with Gasteiger partial charge in [0.1, 0.15) is 18.5 Å². The molecule has 2 rings (SSSR count). The summed E-state index contributed by atoms with van der Waals surface area (Å²) in [6.07, 6.45) is 12.9. The molecule has 6 nitrogen and oxygen atoms in total. The highest BCUT2D eigenvalue weighted by atomic mass is 16.6. The third kappa shape index (κ3) is 10.1. The van der Waals surface area contributed by atoms with Gasteiger partial charge in [0.2, 0.25) is 0 Å². The van der Waals surface area contributed by atoms with E-state index in [2.05, 4.69) is 16.9 Å². The monoisotopic (exact) mass is 442 g/mol. The molecule has 0 saturated carbocycles. The number of hydrogen-bond acceptors (Lipinski definition) is 6. The fourth-order valence-corrected chi connectivity index (χ4v) is 3.16. The summed E-state index contributed by atoms with van der Waals surface area (Å²) in [6, 6.07) is 7.57. The van der Waals surface area contributed by atoms with Crippen molar-refractivity contribution < 1.29 is 19.0 Å². The van der Waals surface area contributed by atoms with Gasteiger partial charge < -0.3 is 14.2 Å². The van der Waals surface area contributed by atoms with E-state index in [4.69, 9.17) is 14.2 Å². The summed E-state index contributed by atoms with van der Waals surface area (Å²) in [6.45, 7) is 7.13. The minimum Gasteiger partial charge on any atom is -0.490 e. The topological polar surface area (TPSA) is 70.5 Å². The largest absolute Gasteiger partial charge is 0.490 e. The minimum atomic E-state index is -0.286. The van der Waals surface area contributed by atoms with E-state index >= 15 is 0 Å². The standard InChI is InChI=1S/C26H38N2O4/c1-4-6-8-9-10-11-17-30-24-18-27-26(28-19-24)22-13-15-23(16-14-22)31-20-21(3)32-25(29)12-7-5-2/h13-16,18-19,21H,4-12,17,20H2,1-3H3. The molecule has 1 aromatic carbocycles. The molecular weight excluding hydrogens is 404 g/mol. The molecule has 0 radical (unpaired) electrons. The molecule has 0 aliphatic rings. The Morgan fingerprint density at radius 1 is 0.844 bits per heavy atom. The highest BCUT2D eigenvalue weighted by Gasteiger charge is 2.10. The Balaban J connectivity index is 1.72. The molecule has 2 aromatic rings. The molecule has 1 unspecified atom stereocenters. The van der Waals surface area contributed by atoms with Crippen LogP contribution in [0.15, 0.2) is 36.7 Å². The van der Waals surface area contributed by atoms with Gasteiger partial charge in [0.25, 0.3) is 0 Å². The van der Waals surface area contributed by atoms with Gasteiger partial charge in [-0.3, -0.25) is 4.79 Å². The summed E-state index contributed by atoms with van der Waals surface area (Å²) in [7, 11) is 0. The maximum absolute atomic E-state index is 11.7. The number of benzene rings is 1. The lowest BCUT2D eigenvalue weighted by atomic mass is 10.1. The number of hydrogen-bond donors (Lipinski definition) is 0. The fraction of sp³-hybridized carbons (Fsp3) is 0.577. The van der Waals surface area contributed by atoms with Crippen LogP contribution < -0.4 is 9.47 Å². The first-order valence-corrected chi connectivity index (χ1v) is 12.0. The van der Waals surface area contributed by atoms with Crippen LogP contribution in [0.3, 0.4) is 0 Å². The van der Waals surface area contributed by atoms with Crippen molar-refractivity contribution >= 4 is 5.97 Å². The van der Waals surface area contributed by atoms with Gasteiger partial charge in [-0.25, -0.2) is 9.97 Å². The summed E-state index contributed by atoms with van der Waals surface area (Å²) in [5, 5.41) is 0. The van der Waals surface area contributed by atoms with Crippen LogP contribution in [-0.2, 0) is 9.53 Å². The highest BCUT2D eigenvalue weighted by molar-refractivity contribution is 5.69. The molecule has 0 bridgehead atoms. The Bertz CT molecular complexity index is 762. The van der Waals surface area contributed by atoms with Crippen LogP contribution in [0.5, 0.6) is 11.5 Å². The molecule has 0 fully saturated rings. The second-order valence-electron chi connectivity index (χ2n) is 8.10. The van der Waals surface area contributed by atoms with E-state index < -0.39 is 0 Å². The van der Waals surface area contributed by atoms with Gasteiger partial charge in [0.05, 0.1) is 19.0 Å². The second-order valence-corrected chi connectivity index (χ2v) is 8.10. The molecule has 0 amide bonds. The first-order valence-electron chi connectivity index (χ1n) is 12.0. The summed E-state index contributed by atoms with van der Waals surface area (Å²) in [5.74, 6) is 1.88. The lowest BCUT2D eigenvalue weighted by Crippen LogP contribution is -2.21. The number of carbonyl (C=O) groups is 1. The molecular formula is C26H38N2O4. The Morgan fingerprint density at radius 3 is 2.19 bits per heavy atom. The van der Waals surface area contributed by atoms with Crippen molar-refractivity contribution in [1.82, 2.24) is 9.97 Å². The first kappa shape index (κ1) is 25.6. The number of nitrogens with zero attached hydrogens (tertiary/aromatic N) is 2. The van der Waals surface area contributed by atoms with E-state index in [1.165, 1.54) is 32.1 Å². The molecule has 176 valence electrons. The molecule has 0 saturated heterocycles. The molecule has 32 heavy (non-hydrogen) atoms. The van der Waals surface area contributed by atoms with Gasteiger partial charge >= 0.3 is 5.97 Å². The molecule has 1 aromatic heterocycles. The predicted molar refractivity (Wildman–Crippen MR) is 127 cm³/mol. The number of carbonyl (C=O) groups excluding carboxylic acids is 1. The van der Waals surface area contributed by atoms with Gasteiger partial charge in [-0.2, -0.15) is 0 Å². The molecule has 0 aliphatic carbocycles. The quantitative estimate of drug-likeness (QED) is 0.222. The van der Waals surface area contributed by atoms with Crippen LogP contribution in [0, 0.1) is 0 Å². The molecule has 0 aliphatic heterocycles. The lowest BCUT2D eigenvalue weighted by Gasteiger charge is -2.14. The van der Waals surface area contributed by atoms with Crippen molar-refractivity contribution in [1.29, 1.82) is 0 Å². The second kappa shape index (κ2) is 15.2. The van der Waals surface area contributed by atoms with Gasteiger partial charge in [0.15, 0.2) is 11.6 Å². The van der Waals surface area contributed by atoms with Crippen molar-refractivity contribution in [3.05, 3.63) is 36.7 Å². The average Bonchev–Trinajstić information content (AvgIpc) is 2.81. The van der Waals surface area contributed by atoms with Crippen LogP contribution in [0.1, 0.15) is 78.6 Å². The smallest absolute Gasteiger partial charge is 0.306 e. The van der Waals surface area contributed by atoms with Crippen molar-refractivity contribution in [3.63, 3.8) is 0 Å². The van der Waals surface area contributed by atoms with E-state index in [1.807, 2.05) is 38.1 Å². The van der Waals surface area contributed by atoms with Crippen LogP contribution in [0.25, 0.3) is 11.4 Å². The molecule has 0 N–H and O–H groups in total. The fourth-order valence-electron chi connectivity index (χ4n) is 3.16. The first-order chi connectivity index (χ1) is 15.6. The zero-order valence-corrected chi connectivity index (χ0v) is 19.8. The normalized spacial score (nSPS) is 11.7. The van der Waals surface area contributed by atoms with Crippen molar-refractivity contribution in [2.75, 3.05) is 13.2 Å². The maximum atomic E-state index is 11.7. The van der Waals surface area contributed by atoms with E-state index in [0.29, 0.717) is 37.0 Å². The zero-order chi connectivity index (χ0) is 23.0. The van der Waals surface area contributed by atoms with Crippen molar-refractivity contribution in [2.45, 2.75) is 84.7 Å². The SMILES string of the molecule is CCCCCCCCOc1cnc(-c2ccc(OCC(C)OC(=O)CCCC)cc2)nc1. The molecule has 1 atom stereocenters. The Hall–Kier alpha value is -2.63. The van der Waals surface area contributed by atoms with E-state index in [9.17, 15) is 4.79 Å². The Morgan fingerprint density at radius 2 is 1.50 bits per heavy atom. The van der Waals surface area contributed by atoms with Crippen LogP contribution in [0.2, 0.25) is 0 Å². The van der Waals surface area contributed by atoms with Crippen LogP contribution >= 0.6 is 0 Å². The maximum Gasteiger partial charge on any atom is 0.306 e. The molecule has 1 heterocycles. The number of aromatic nitrogens is 2. The third-order valence-electron chi connectivity index (χ3n) is 5.06. The van der Waals surface area contributed by atoms with E-state index in [0.717, 1.165) is 24.8 Å². The van der Waals surface area contributed by atoms with E-state index in [1.54, 1.807) is 12.4 Å². The number of unbranched alkanes of at least 4 members (excludes halogenated alkanes) is 6. The van der Waals surface area contributed by atoms with Gasteiger partial charge in [-0.1, -0.05) is 52.4 Å². The zero-order valence-electron chi connectivity index (χ0n) is 19.8. The van der Waals surface area contributed by atoms with Crippen molar-refractivity contribution in [3.8, 4) is 22.9 Å². The summed E-state index contributed by atoms with van der Waals surface area (Å²) < 4.78 is 16.8. The Labute approximate surface area is 192 Å². The number of ether oxygens (including phenoxy) is 3. The summed E-state index contributed by atoms with van der Waals surface area (Å²) in [5.41, 5.74) is 0.902. The third-order valence-corrected chi connectivity index (χ3v) is 5.06.